The van der Waals surface area contributed by atoms with E-state index in [1.165, 1.54) is 83.5 Å². The van der Waals surface area contributed by atoms with E-state index in [0.29, 0.717) is 23.9 Å². The fraction of sp³-hybridized carbons (Fsp3) is 0.672. The normalized spacial score (nSPS) is 13.6. The highest BCUT2D eigenvalue weighted by Gasteiger charge is 2.25. The number of esters is 2. The van der Waals surface area contributed by atoms with Crippen LogP contribution in [0.15, 0.2) is 109 Å². The number of likely N-dealkylation sites (N-methyl/N-ethyl adjacent to an activating group) is 1. The second-order valence-electron chi connectivity index (χ2n) is 20.2. The van der Waals surface area contributed by atoms with Crippen LogP contribution in [0.2, 0.25) is 0 Å². The van der Waals surface area contributed by atoms with Gasteiger partial charge in [-0.05, 0) is 83.5 Å². The molecular formula is C64H108NO8+. The third-order valence-electron chi connectivity index (χ3n) is 12.0. The van der Waals surface area contributed by atoms with E-state index in [1.54, 1.807) is 0 Å². The number of carbonyl (C=O) groups excluding carboxylic acids is 2. The summed E-state index contributed by atoms with van der Waals surface area (Å²) in [5, 5.41) is 9.68. The quantitative estimate of drug-likeness (QED) is 0.0211. The number of aliphatic carboxylic acids is 1. The maximum atomic E-state index is 12.9. The van der Waals surface area contributed by atoms with Crippen molar-refractivity contribution in [2.45, 2.75) is 232 Å². The van der Waals surface area contributed by atoms with E-state index in [1.807, 2.05) is 21.1 Å². The summed E-state index contributed by atoms with van der Waals surface area (Å²) in [6.07, 6.45) is 71.7. The maximum Gasteiger partial charge on any atom is 0.361 e. The van der Waals surface area contributed by atoms with Crippen molar-refractivity contribution in [2.75, 3.05) is 47.5 Å². The molecule has 73 heavy (non-hydrogen) atoms. The summed E-state index contributed by atoms with van der Waals surface area (Å²) >= 11 is 0. The van der Waals surface area contributed by atoms with Crippen LogP contribution < -0.4 is 0 Å². The van der Waals surface area contributed by atoms with Gasteiger partial charge in [0.1, 0.15) is 13.2 Å². The molecule has 416 valence electrons. The molecule has 0 bridgehead atoms. The van der Waals surface area contributed by atoms with Crippen molar-refractivity contribution in [2.24, 2.45) is 0 Å². The Kier molecular flexibility index (Phi) is 51.2. The number of allylic oxidation sites excluding steroid dienone is 18. The fourth-order valence-corrected chi connectivity index (χ4v) is 7.59. The van der Waals surface area contributed by atoms with E-state index >= 15 is 0 Å². The number of quaternary nitrogens is 1. The zero-order valence-electron chi connectivity index (χ0n) is 47.3. The van der Waals surface area contributed by atoms with Gasteiger partial charge in [-0.2, -0.15) is 0 Å². The number of carbonyl (C=O) groups is 3. The highest BCUT2D eigenvalue weighted by Crippen LogP contribution is 2.15. The van der Waals surface area contributed by atoms with Crippen LogP contribution in [0.4, 0.5) is 0 Å². The van der Waals surface area contributed by atoms with Crippen LogP contribution in [-0.4, -0.2) is 87.4 Å². The molecule has 9 heteroatoms. The smallest absolute Gasteiger partial charge is 0.361 e. The third-order valence-corrected chi connectivity index (χ3v) is 12.0. The van der Waals surface area contributed by atoms with Gasteiger partial charge in [-0.3, -0.25) is 9.59 Å². The van der Waals surface area contributed by atoms with Gasteiger partial charge < -0.3 is 28.5 Å². The molecule has 0 aromatic carbocycles. The molecule has 2 atom stereocenters. The molecule has 0 aliphatic heterocycles. The molecule has 0 rings (SSSR count). The van der Waals surface area contributed by atoms with E-state index in [-0.39, 0.29) is 32.2 Å². The molecule has 9 nitrogen and oxygen atoms in total. The Bertz CT molecular complexity index is 1560. The van der Waals surface area contributed by atoms with Gasteiger partial charge in [0.2, 0.25) is 0 Å². The maximum absolute atomic E-state index is 12.9. The zero-order chi connectivity index (χ0) is 53.4. The summed E-state index contributed by atoms with van der Waals surface area (Å²) < 4.78 is 22.8. The number of rotatable bonds is 52. The highest BCUT2D eigenvalue weighted by molar-refractivity contribution is 5.71. The lowest BCUT2D eigenvalue weighted by molar-refractivity contribution is -0.870. The number of carboxylic acids is 1. The van der Waals surface area contributed by atoms with Crippen molar-refractivity contribution in [3.8, 4) is 0 Å². The predicted octanol–water partition coefficient (Wildman–Crippen LogP) is 17.1. The van der Waals surface area contributed by atoms with E-state index in [0.717, 1.165) is 103 Å². The van der Waals surface area contributed by atoms with Crippen LogP contribution in [0, 0.1) is 0 Å². The number of nitrogens with zero attached hydrogens (tertiary/aromatic N) is 1. The molecule has 0 spiro atoms. The predicted molar refractivity (Wildman–Crippen MR) is 308 cm³/mol. The van der Waals surface area contributed by atoms with Crippen molar-refractivity contribution in [1.29, 1.82) is 0 Å². The fourth-order valence-electron chi connectivity index (χ4n) is 7.59. The van der Waals surface area contributed by atoms with Crippen LogP contribution in [0.25, 0.3) is 0 Å². The zero-order valence-corrected chi connectivity index (χ0v) is 47.3. The Labute approximate surface area is 447 Å². The van der Waals surface area contributed by atoms with Crippen molar-refractivity contribution >= 4 is 17.9 Å². The van der Waals surface area contributed by atoms with Crippen LogP contribution in [-0.2, 0) is 33.3 Å². The third kappa shape index (κ3) is 55.5. The first-order chi connectivity index (χ1) is 35.6. The molecular weight excluding hydrogens is 911 g/mol. The van der Waals surface area contributed by atoms with Gasteiger partial charge in [0, 0.05) is 12.8 Å². The molecule has 0 amide bonds. The van der Waals surface area contributed by atoms with E-state index in [9.17, 15) is 19.5 Å². The summed E-state index contributed by atoms with van der Waals surface area (Å²) in [6.45, 7) is 4.74. The molecule has 0 radical (unpaired) electrons. The molecule has 0 saturated heterocycles. The van der Waals surface area contributed by atoms with Crippen LogP contribution in [0.1, 0.15) is 219 Å². The van der Waals surface area contributed by atoms with Crippen molar-refractivity contribution < 1.29 is 42.9 Å². The Morgan fingerprint density at radius 2 is 0.781 bits per heavy atom. The molecule has 0 saturated carbocycles. The average Bonchev–Trinajstić information content (AvgIpc) is 3.36. The summed E-state index contributed by atoms with van der Waals surface area (Å²) in [6, 6.07) is 0. The number of hydrogen-bond acceptors (Lipinski definition) is 7. The molecule has 0 fully saturated rings. The summed E-state index contributed by atoms with van der Waals surface area (Å²) in [5.41, 5.74) is 0. The SMILES string of the molecule is CC/C=C\C/C=C\C/C=C\C/C=C\C/C=C\C/C=C\C/C=C\C/C=C\C/C=C\CCCCCCCCCC(=O)OC(COC(=O)CCCCCCCCCCCCCCC)COC(OCC[N+](C)(C)C)C(=O)O. The summed E-state index contributed by atoms with van der Waals surface area (Å²) in [5.74, 6) is -2.03. The Morgan fingerprint density at radius 1 is 0.425 bits per heavy atom. The second-order valence-corrected chi connectivity index (χ2v) is 20.2. The topological polar surface area (TPSA) is 108 Å². The Hall–Kier alpha value is -4.05. The lowest BCUT2D eigenvalue weighted by Gasteiger charge is -2.25. The molecule has 1 N–H and O–H groups in total. The van der Waals surface area contributed by atoms with E-state index in [2.05, 4.69) is 123 Å². The standard InChI is InChI=1S/C64H107NO8/c1-6-8-10-12-14-16-18-20-21-22-23-24-25-26-27-28-29-30-31-32-33-34-35-36-37-38-39-40-41-43-45-47-49-51-53-55-62(67)73-60(59-72-64(63(68)69)70-57-56-65(3,4)5)58-71-61(66)54-52-50-48-46-44-42-19-17-15-13-11-9-7-2/h8,10,14,16,20-21,23-24,26-27,29-30,32-33,35-36,38-39,60,64H,6-7,9,11-13,15,17-19,22,25,28,31,34,37,40-59H2,1-5H3/p+1/b10-8-,16-14-,21-20-,24-23-,27-26-,30-29-,33-32-,36-35-,39-38-. The van der Waals surface area contributed by atoms with Gasteiger partial charge in [0.05, 0.1) is 34.4 Å². The first-order valence-corrected chi connectivity index (χ1v) is 29.1. The number of unbranched alkanes of at least 4 members (excludes halogenated alkanes) is 19. The van der Waals surface area contributed by atoms with Crippen molar-refractivity contribution in [3.05, 3.63) is 109 Å². The minimum Gasteiger partial charge on any atom is -0.477 e. The van der Waals surface area contributed by atoms with E-state index in [4.69, 9.17) is 18.9 Å². The summed E-state index contributed by atoms with van der Waals surface area (Å²) in [4.78, 5) is 37.3. The first kappa shape index (κ1) is 69.0. The minimum atomic E-state index is -1.52. The molecule has 0 aliphatic rings. The molecule has 0 aromatic rings. The first-order valence-electron chi connectivity index (χ1n) is 29.1. The van der Waals surface area contributed by atoms with Gasteiger partial charge in [-0.15, -0.1) is 0 Å². The Morgan fingerprint density at radius 3 is 1.16 bits per heavy atom. The van der Waals surface area contributed by atoms with Gasteiger partial charge in [-0.25, -0.2) is 4.79 Å². The monoisotopic (exact) mass is 1020 g/mol. The van der Waals surface area contributed by atoms with Crippen LogP contribution in [0.5, 0.6) is 0 Å². The highest BCUT2D eigenvalue weighted by atomic mass is 16.7. The van der Waals surface area contributed by atoms with Gasteiger partial charge in [0.15, 0.2) is 6.10 Å². The molecule has 2 unspecified atom stereocenters. The van der Waals surface area contributed by atoms with Crippen LogP contribution >= 0.6 is 0 Å². The molecule has 0 aromatic heterocycles. The minimum absolute atomic E-state index is 0.181. The van der Waals surface area contributed by atoms with Crippen molar-refractivity contribution in [1.82, 2.24) is 0 Å². The van der Waals surface area contributed by atoms with Gasteiger partial charge in [0.25, 0.3) is 6.29 Å². The lowest BCUT2D eigenvalue weighted by Crippen LogP contribution is -2.40. The van der Waals surface area contributed by atoms with E-state index < -0.39 is 24.3 Å². The van der Waals surface area contributed by atoms with Crippen LogP contribution in [0.3, 0.4) is 0 Å². The largest absolute Gasteiger partial charge is 0.477 e. The number of hydrogen-bond donors (Lipinski definition) is 1. The summed E-state index contributed by atoms with van der Waals surface area (Å²) in [7, 11) is 5.95. The van der Waals surface area contributed by atoms with Crippen molar-refractivity contribution in [3.63, 3.8) is 0 Å². The lowest BCUT2D eigenvalue weighted by atomic mass is 10.0. The van der Waals surface area contributed by atoms with Gasteiger partial charge >= 0.3 is 17.9 Å². The van der Waals surface area contributed by atoms with Gasteiger partial charge in [-0.1, -0.05) is 232 Å². The average molecular weight is 1020 g/mol. The number of carboxylic acid groups (broad SMARTS) is 1. The number of ether oxygens (including phenoxy) is 4. The molecule has 0 aliphatic carbocycles. The molecule has 0 heterocycles. The Balaban J connectivity index is 4.23. The second kappa shape index (κ2) is 54.2.